The summed E-state index contributed by atoms with van der Waals surface area (Å²) in [4.78, 5) is 12.3. The second-order valence-corrected chi connectivity index (χ2v) is 11.2. The van der Waals surface area contributed by atoms with Gasteiger partial charge in [0.25, 0.3) is 0 Å². The van der Waals surface area contributed by atoms with Crippen LogP contribution in [0.1, 0.15) is 129 Å². The maximum Gasteiger partial charge on any atom is 0.220 e. The molecule has 0 radical (unpaired) electrons. The van der Waals surface area contributed by atoms with Crippen LogP contribution in [0.15, 0.2) is 60.8 Å². The first-order valence-corrected chi connectivity index (χ1v) is 16.7. The van der Waals surface area contributed by atoms with Crippen LogP contribution in [-0.4, -0.2) is 57.3 Å². The van der Waals surface area contributed by atoms with Gasteiger partial charge in [0.05, 0.1) is 31.0 Å². The second-order valence-electron chi connectivity index (χ2n) is 11.2. The Morgan fingerprint density at radius 3 is 1.79 bits per heavy atom. The standard InChI is InChI=1S/C36H63NO5/c1-3-5-7-9-11-13-15-17-19-21-23-25-28-34(40)35(41)29-26-30-36(42)37-32(31-38)33(39)27-24-22-20-18-16-14-12-10-8-6-4-2/h5,7,11,13,17,19,23-25,27,32-35,38-41H,3-4,6,8-10,12,14-16,18,20-22,26,28-31H2,1-2H3,(H,37,42)/b7-5-,13-11-,19-17-,25-23-,27-24+/t32-,33+,34+,35+/m0/s1. The lowest BCUT2D eigenvalue weighted by molar-refractivity contribution is -0.123. The van der Waals surface area contributed by atoms with E-state index in [-0.39, 0.29) is 18.9 Å². The number of aliphatic hydroxyl groups excluding tert-OH is 4. The molecule has 0 aromatic heterocycles. The van der Waals surface area contributed by atoms with Crippen LogP contribution in [0.25, 0.3) is 0 Å². The van der Waals surface area contributed by atoms with Gasteiger partial charge in [0.1, 0.15) is 0 Å². The first-order chi connectivity index (χ1) is 20.5. The van der Waals surface area contributed by atoms with E-state index in [1.165, 1.54) is 51.4 Å². The fourth-order valence-electron chi connectivity index (χ4n) is 4.50. The number of aliphatic hydroxyl groups is 4. The van der Waals surface area contributed by atoms with Crippen molar-refractivity contribution in [3.8, 4) is 0 Å². The van der Waals surface area contributed by atoms with E-state index in [1.807, 2.05) is 18.2 Å². The Balaban J connectivity index is 4.02. The molecule has 0 aromatic carbocycles. The number of nitrogens with one attached hydrogen (secondary N) is 1. The maximum absolute atomic E-state index is 12.3. The molecule has 0 aliphatic carbocycles. The lowest BCUT2D eigenvalue weighted by Crippen LogP contribution is -2.45. The summed E-state index contributed by atoms with van der Waals surface area (Å²) in [5.41, 5.74) is 0. The van der Waals surface area contributed by atoms with E-state index < -0.39 is 24.4 Å². The van der Waals surface area contributed by atoms with Gasteiger partial charge in [0, 0.05) is 6.42 Å². The van der Waals surface area contributed by atoms with Gasteiger partial charge in [-0.1, -0.05) is 126 Å². The molecular weight excluding hydrogens is 526 g/mol. The van der Waals surface area contributed by atoms with E-state index in [0.29, 0.717) is 19.3 Å². The summed E-state index contributed by atoms with van der Waals surface area (Å²) in [7, 11) is 0. The molecule has 0 bridgehead atoms. The summed E-state index contributed by atoms with van der Waals surface area (Å²) >= 11 is 0. The van der Waals surface area contributed by atoms with E-state index in [0.717, 1.165) is 38.5 Å². The van der Waals surface area contributed by atoms with Crippen molar-refractivity contribution in [2.45, 2.75) is 154 Å². The molecule has 0 aliphatic heterocycles. The van der Waals surface area contributed by atoms with Crippen LogP contribution in [0.5, 0.6) is 0 Å². The largest absolute Gasteiger partial charge is 0.394 e. The van der Waals surface area contributed by atoms with Crippen LogP contribution in [0.3, 0.4) is 0 Å². The maximum atomic E-state index is 12.3. The van der Waals surface area contributed by atoms with Gasteiger partial charge in [-0.05, 0) is 57.8 Å². The van der Waals surface area contributed by atoms with Crippen LogP contribution >= 0.6 is 0 Å². The monoisotopic (exact) mass is 589 g/mol. The number of allylic oxidation sites excluding steroid dienone is 8. The first-order valence-electron chi connectivity index (χ1n) is 16.7. The van der Waals surface area contributed by atoms with Crippen molar-refractivity contribution < 1.29 is 25.2 Å². The van der Waals surface area contributed by atoms with E-state index in [1.54, 1.807) is 6.08 Å². The van der Waals surface area contributed by atoms with Crippen LogP contribution in [0, 0.1) is 0 Å². The lowest BCUT2D eigenvalue weighted by atomic mass is 10.0. The van der Waals surface area contributed by atoms with E-state index in [9.17, 15) is 25.2 Å². The number of rotatable bonds is 28. The van der Waals surface area contributed by atoms with Crippen LogP contribution in [0.4, 0.5) is 0 Å². The normalized spacial score (nSPS) is 15.5. The third-order valence-corrected chi connectivity index (χ3v) is 7.21. The summed E-state index contributed by atoms with van der Waals surface area (Å²) in [6.07, 6.45) is 34.7. The Morgan fingerprint density at radius 2 is 1.21 bits per heavy atom. The molecule has 0 saturated heterocycles. The van der Waals surface area contributed by atoms with Gasteiger partial charge in [-0.25, -0.2) is 0 Å². The van der Waals surface area contributed by atoms with E-state index in [2.05, 4.69) is 55.6 Å². The third-order valence-electron chi connectivity index (χ3n) is 7.21. The molecule has 0 fully saturated rings. The van der Waals surface area contributed by atoms with Crippen molar-refractivity contribution in [2.75, 3.05) is 6.61 Å². The minimum Gasteiger partial charge on any atom is -0.394 e. The van der Waals surface area contributed by atoms with Gasteiger partial charge in [-0.15, -0.1) is 0 Å². The van der Waals surface area contributed by atoms with Gasteiger partial charge in [-0.3, -0.25) is 4.79 Å². The van der Waals surface area contributed by atoms with Crippen molar-refractivity contribution in [2.24, 2.45) is 0 Å². The van der Waals surface area contributed by atoms with Gasteiger partial charge in [0.15, 0.2) is 0 Å². The van der Waals surface area contributed by atoms with Gasteiger partial charge in [-0.2, -0.15) is 0 Å². The van der Waals surface area contributed by atoms with Crippen LogP contribution in [0.2, 0.25) is 0 Å². The van der Waals surface area contributed by atoms with E-state index in [4.69, 9.17) is 0 Å². The Morgan fingerprint density at radius 1 is 0.667 bits per heavy atom. The molecule has 42 heavy (non-hydrogen) atoms. The number of carbonyl (C=O) groups excluding carboxylic acids is 1. The summed E-state index contributed by atoms with van der Waals surface area (Å²) in [6, 6.07) is -0.759. The number of hydrogen-bond acceptors (Lipinski definition) is 5. The molecule has 0 aromatic rings. The Kier molecular flexibility index (Phi) is 29.0. The molecule has 0 unspecified atom stereocenters. The smallest absolute Gasteiger partial charge is 0.220 e. The van der Waals surface area contributed by atoms with Gasteiger partial charge < -0.3 is 25.7 Å². The summed E-state index contributed by atoms with van der Waals surface area (Å²) < 4.78 is 0. The fourth-order valence-corrected chi connectivity index (χ4v) is 4.50. The Bertz CT molecular complexity index is 758. The highest BCUT2D eigenvalue weighted by Gasteiger charge is 2.19. The highest BCUT2D eigenvalue weighted by Crippen LogP contribution is 2.12. The predicted molar refractivity (Wildman–Crippen MR) is 177 cm³/mol. The van der Waals surface area contributed by atoms with Crippen molar-refractivity contribution >= 4 is 5.91 Å². The summed E-state index contributed by atoms with van der Waals surface area (Å²) in [5.74, 6) is -0.291. The third kappa shape index (κ3) is 25.7. The Labute approximate surface area is 257 Å². The molecule has 5 N–H and O–H groups in total. The summed E-state index contributed by atoms with van der Waals surface area (Å²) in [5, 5.41) is 43.1. The molecule has 4 atom stereocenters. The van der Waals surface area contributed by atoms with Crippen molar-refractivity contribution in [3.63, 3.8) is 0 Å². The first kappa shape index (κ1) is 40.0. The molecule has 0 rings (SSSR count). The predicted octanol–water partition coefficient (Wildman–Crippen LogP) is 7.39. The number of carbonyl (C=O) groups is 1. The SMILES string of the molecule is CC/C=C\C/C=C\C/C=C\C/C=C\C[C@@H](O)[C@H](O)CCCC(=O)N[C@@H](CO)[C@H](O)/C=C/CCCCCCCCCCC. The zero-order valence-electron chi connectivity index (χ0n) is 26.7. The summed E-state index contributed by atoms with van der Waals surface area (Å²) in [6.45, 7) is 4.00. The lowest BCUT2D eigenvalue weighted by Gasteiger charge is -2.20. The van der Waals surface area contributed by atoms with Gasteiger partial charge >= 0.3 is 0 Å². The minimum atomic E-state index is -0.948. The van der Waals surface area contributed by atoms with Crippen molar-refractivity contribution in [1.29, 1.82) is 0 Å². The molecule has 0 heterocycles. The molecule has 6 nitrogen and oxygen atoms in total. The molecule has 0 saturated carbocycles. The number of hydrogen-bond donors (Lipinski definition) is 5. The van der Waals surface area contributed by atoms with Crippen molar-refractivity contribution in [1.82, 2.24) is 5.32 Å². The zero-order valence-corrected chi connectivity index (χ0v) is 26.7. The van der Waals surface area contributed by atoms with Crippen LogP contribution in [-0.2, 0) is 4.79 Å². The highest BCUT2D eigenvalue weighted by molar-refractivity contribution is 5.76. The topological polar surface area (TPSA) is 110 Å². The number of amides is 1. The molecule has 0 aliphatic rings. The molecule has 6 heteroatoms. The molecule has 1 amide bonds. The average molecular weight is 590 g/mol. The molecular formula is C36H63NO5. The van der Waals surface area contributed by atoms with Gasteiger partial charge in [0.2, 0.25) is 5.91 Å². The van der Waals surface area contributed by atoms with Crippen LogP contribution < -0.4 is 5.32 Å². The zero-order chi connectivity index (χ0) is 31.1. The average Bonchev–Trinajstić information content (AvgIpc) is 2.98. The second kappa shape index (κ2) is 30.5. The minimum absolute atomic E-state index is 0.152. The molecule has 0 spiro atoms. The fraction of sp³-hybridized carbons (Fsp3) is 0.694. The quantitative estimate of drug-likeness (QED) is 0.0483. The van der Waals surface area contributed by atoms with Crippen molar-refractivity contribution in [3.05, 3.63) is 60.8 Å². The van der Waals surface area contributed by atoms with E-state index >= 15 is 0 Å². The molecule has 242 valence electrons. The highest BCUT2D eigenvalue weighted by atomic mass is 16.3. The number of unbranched alkanes of at least 4 members (excludes halogenated alkanes) is 9. The Hall–Kier alpha value is -1.99.